The first-order chi connectivity index (χ1) is 7.66. The molecule has 0 aliphatic carbocycles. The monoisotopic (exact) mass is 234 g/mol. The van der Waals surface area contributed by atoms with Crippen LogP contribution in [0.1, 0.15) is 15.2 Å². The topological polar surface area (TPSA) is 52.0 Å². The van der Waals surface area contributed by atoms with Crippen molar-refractivity contribution >= 4 is 17.1 Å². The highest BCUT2D eigenvalue weighted by Gasteiger charge is 2.08. The van der Waals surface area contributed by atoms with Crippen LogP contribution in [0.25, 0.3) is 0 Å². The molecule has 5 heteroatoms. The van der Waals surface area contributed by atoms with Crippen molar-refractivity contribution in [1.82, 2.24) is 9.55 Å². The van der Waals surface area contributed by atoms with Gasteiger partial charge >= 0.3 is 5.69 Å². The van der Waals surface area contributed by atoms with Crippen LogP contribution in [-0.2, 0) is 6.54 Å². The Hall–Kier alpha value is -1.75. The maximum atomic E-state index is 11.8. The highest BCUT2D eigenvalue weighted by atomic mass is 32.1. The number of Topliss-reactive ketones (excluding diaryl/α,β-unsaturated/α-hetero) is 1. The summed E-state index contributed by atoms with van der Waals surface area (Å²) in [6, 6.07) is 3.57. The van der Waals surface area contributed by atoms with Crippen LogP contribution in [0.3, 0.4) is 0 Å². The van der Waals surface area contributed by atoms with Crippen LogP contribution in [0.4, 0.5) is 0 Å². The lowest BCUT2D eigenvalue weighted by Crippen LogP contribution is -2.25. The molecular weight excluding hydrogens is 224 g/mol. The summed E-state index contributed by atoms with van der Waals surface area (Å²) in [6.45, 7) is 1.88. The zero-order chi connectivity index (χ0) is 11.5. The molecule has 0 aromatic carbocycles. The molecular formula is C11H10N2O2S. The van der Waals surface area contributed by atoms with E-state index in [1.54, 1.807) is 12.3 Å². The molecule has 2 rings (SSSR count). The largest absolute Gasteiger partial charge is 0.347 e. The van der Waals surface area contributed by atoms with E-state index in [4.69, 9.17) is 0 Å². The molecule has 0 unspecified atom stereocenters. The maximum absolute atomic E-state index is 11.8. The quantitative estimate of drug-likeness (QED) is 0.756. The van der Waals surface area contributed by atoms with Gasteiger partial charge in [-0.05, 0) is 23.9 Å². The van der Waals surface area contributed by atoms with Gasteiger partial charge in [-0.3, -0.25) is 9.36 Å². The molecule has 82 valence electrons. The molecule has 0 aliphatic rings. The summed E-state index contributed by atoms with van der Waals surface area (Å²) in [7, 11) is 0. The van der Waals surface area contributed by atoms with Crippen molar-refractivity contribution in [3.63, 3.8) is 0 Å². The second-order valence-electron chi connectivity index (χ2n) is 3.44. The maximum Gasteiger partial charge on any atom is 0.347 e. The van der Waals surface area contributed by atoms with Crippen LogP contribution in [-0.4, -0.2) is 15.3 Å². The Kier molecular flexibility index (Phi) is 2.96. The number of thiophene rings is 1. The Bertz CT molecular complexity index is 558. The van der Waals surface area contributed by atoms with Crippen molar-refractivity contribution in [1.29, 1.82) is 0 Å². The van der Waals surface area contributed by atoms with Gasteiger partial charge < -0.3 is 0 Å². The summed E-state index contributed by atoms with van der Waals surface area (Å²) >= 11 is 1.38. The van der Waals surface area contributed by atoms with Gasteiger partial charge in [-0.15, -0.1) is 11.3 Å². The summed E-state index contributed by atoms with van der Waals surface area (Å²) in [5, 5.41) is 1.84. The lowest BCUT2D eigenvalue weighted by molar-refractivity contribution is 0.0974. The molecule has 0 N–H and O–H groups in total. The Morgan fingerprint density at radius 1 is 1.56 bits per heavy atom. The van der Waals surface area contributed by atoms with Gasteiger partial charge in [-0.1, -0.05) is 6.07 Å². The summed E-state index contributed by atoms with van der Waals surface area (Å²) in [5.41, 5.74) is 0.467. The van der Waals surface area contributed by atoms with Gasteiger partial charge in [0.2, 0.25) is 0 Å². The van der Waals surface area contributed by atoms with Crippen molar-refractivity contribution in [3.8, 4) is 0 Å². The Balaban J connectivity index is 2.25. The molecule has 0 atom stereocenters. The molecule has 2 aromatic heterocycles. The standard InChI is InChI=1S/C11H10N2O2S/c1-8-5-12-11(15)13(6-8)7-9(14)10-3-2-4-16-10/h2-6H,7H2,1H3. The van der Waals surface area contributed by atoms with Crippen LogP contribution < -0.4 is 5.69 Å². The second kappa shape index (κ2) is 4.40. The second-order valence-corrected chi connectivity index (χ2v) is 4.39. The van der Waals surface area contributed by atoms with Crippen molar-refractivity contribution in [2.75, 3.05) is 0 Å². The number of hydrogen-bond acceptors (Lipinski definition) is 4. The summed E-state index contributed by atoms with van der Waals surface area (Å²) in [5.74, 6) is -0.0653. The molecule has 0 saturated heterocycles. The first-order valence-electron chi connectivity index (χ1n) is 4.76. The molecule has 2 aromatic rings. The number of hydrogen-bond donors (Lipinski definition) is 0. The lowest BCUT2D eigenvalue weighted by atomic mass is 10.3. The molecule has 0 aliphatic heterocycles. The normalized spacial score (nSPS) is 10.3. The van der Waals surface area contributed by atoms with E-state index in [1.807, 2.05) is 18.4 Å². The third-order valence-electron chi connectivity index (χ3n) is 2.09. The van der Waals surface area contributed by atoms with Crippen LogP contribution >= 0.6 is 11.3 Å². The van der Waals surface area contributed by atoms with Crippen LogP contribution in [0, 0.1) is 6.92 Å². The van der Waals surface area contributed by atoms with Crippen LogP contribution in [0.5, 0.6) is 0 Å². The van der Waals surface area contributed by atoms with Gasteiger partial charge in [0, 0.05) is 12.4 Å². The number of nitrogens with zero attached hydrogens (tertiary/aromatic N) is 2. The Morgan fingerprint density at radius 2 is 2.38 bits per heavy atom. The van der Waals surface area contributed by atoms with E-state index in [0.717, 1.165) is 5.56 Å². The Labute approximate surface area is 96.2 Å². The van der Waals surface area contributed by atoms with Crippen molar-refractivity contribution in [2.24, 2.45) is 0 Å². The Morgan fingerprint density at radius 3 is 3.06 bits per heavy atom. The van der Waals surface area contributed by atoms with Gasteiger partial charge in [-0.25, -0.2) is 9.78 Å². The number of carbonyl (C=O) groups excluding carboxylic acids is 1. The molecule has 0 amide bonds. The summed E-state index contributed by atoms with van der Waals surface area (Å²) in [4.78, 5) is 27.5. The van der Waals surface area contributed by atoms with E-state index in [-0.39, 0.29) is 12.3 Å². The number of carbonyl (C=O) groups is 1. The van der Waals surface area contributed by atoms with Gasteiger partial charge in [0.05, 0.1) is 11.4 Å². The molecule has 0 radical (unpaired) electrons. The fourth-order valence-electron chi connectivity index (χ4n) is 1.35. The fraction of sp³-hybridized carbons (Fsp3) is 0.182. The minimum atomic E-state index is -0.393. The van der Waals surface area contributed by atoms with Crippen molar-refractivity contribution in [3.05, 3.63) is 50.8 Å². The van der Waals surface area contributed by atoms with Gasteiger partial charge in [0.1, 0.15) is 0 Å². The minimum Gasteiger partial charge on any atom is -0.291 e. The molecule has 4 nitrogen and oxygen atoms in total. The van der Waals surface area contributed by atoms with E-state index in [1.165, 1.54) is 22.1 Å². The molecule has 2 heterocycles. The summed E-state index contributed by atoms with van der Waals surface area (Å²) < 4.78 is 1.33. The zero-order valence-corrected chi connectivity index (χ0v) is 9.53. The fourth-order valence-corrected chi connectivity index (χ4v) is 2.01. The lowest BCUT2D eigenvalue weighted by Gasteiger charge is -2.03. The number of aromatic nitrogens is 2. The highest BCUT2D eigenvalue weighted by Crippen LogP contribution is 2.09. The number of rotatable bonds is 3. The first kappa shape index (κ1) is 10.8. The van der Waals surface area contributed by atoms with Crippen molar-refractivity contribution in [2.45, 2.75) is 13.5 Å². The first-order valence-corrected chi connectivity index (χ1v) is 5.64. The van der Waals surface area contributed by atoms with E-state index in [9.17, 15) is 9.59 Å². The van der Waals surface area contributed by atoms with E-state index in [0.29, 0.717) is 4.88 Å². The van der Waals surface area contributed by atoms with Crippen LogP contribution in [0.2, 0.25) is 0 Å². The minimum absolute atomic E-state index is 0.0496. The van der Waals surface area contributed by atoms with E-state index >= 15 is 0 Å². The third-order valence-corrected chi connectivity index (χ3v) is 3.00. The van der Waals surface area contributed by atoms with E-state index in [2.05, 4.69) is 4.98 Å². The number of aryl methyl sites for hydroxylation is 1. The van der Waals surface area contributed by atoms with Crippen LogP contribution in [0.15, 0.2) is 34.7 Å². The SMILES string of the molecule is Cc1cnc(=O)n(CC(=O)c2cccs2)c1. The molecule has 0 saturated carbocycles. The smallest absolute Gasteiger partial charge is 0.291 e. The average Bonchev–Trinajstić information content (AvgIpc) is 2.76. The zero-order valence-electron chi connectivity index (χ0n) is 8.71. The molecule has 0 bridgehead atoms. The predicted molar refractivity (Wildman–Crippen MR) is 61.9 cm³/mol. The average molecular weight is 234 g/mol. The van der Waals surface area contributed by atoms with Gasteiger partial charge in [0.25, 0.3) is 0 Å². The molecule has 0 fully saturated rings. The van der Waals surface area contributed by atoms with Gasteiger partial charge in [-0.2, -0.15) is 0 Å². The third kappa shape index (κ3) is 2.25. The predicted octanol–water partition coefficient (Wildman–Crippen LogP) is 1.50. The van der Waals surface area contributed by atoms with Crippen molar-refractivity contribution < 1.29 is 4.79 Å². The highest BCUT2D eigenvalue weighted by molar-refractivity contribution is 7.12. The summed E-state index contributed by atoms with van der Waals surface area (Å²) in [6.07, 6.45) is 3.13. The number of ketones is 1. The molecule has 0 spiro atoms. The molecule has 16 heavy (non-hydrogen) atoms. The van der Waals surface area contributed by atoms with Gasteiger partial charge in [0.15, 0.2) is 5.78 Å². The van der Waals surface area contributed by atoms with E-state index < -0.39 is 5.69 Å².